The lowest BCUT2D eigenvalue weighted by atomic mass is 10.1. The van der Waals surface area contributed by atoms with Crippen LogP contribution in [0.1, 0.15) is 19.3 Å². The minimum absolute atomic E-state index is 0.142. The molecule has 0 aromatic carbocycles. The summed E-state index contributed by atoms with van der Waals surface area (Å²) in [5, 5.41) is -0.689. The van der Waals surface area contributed by atoms with Gasteiger partial charge in [0.2, 0.25) is 10.0 Å². The maximum atomic E-state index is 12.4. The Kier molecular flexibility index (Phi) is 5.59. The summed E-state index contributed by atoms with van der Waals surface area (Å²) in [7, 11) is -0.255. The van der Waals surface area contributed by atoms with Crippen LogP contribution in [0.4, 0.5) is 0 Å². The lowest BCUT2D eigenvalue weighted by Gasteiger charge is -2.30. The Morgan fingerprint density at radius 3 is 2.86 bits per heavy atom. The van der Waals surface area contributed by atoms with Crippen LogP contribution in [0.3, 0.4) is 0 Å². The summed E-state index contributed by atoms with van der Waals surface area (Å²) in [4.78, 5) is 13.8. The molecule has 1 N–H and O–H groups in total. The highest BCUT2D eigenvalue weighted by Gasteiger charge is 2.42. The molecule has 0 aromatic rings. The first-order valence-corrected chi connectivity index (χ1v) is 8.85. The molecule has 1 saturated carbocycles. The van der Waals surface area contributed by atoms with Crippen molar-refractivity contribution in [1.82, 2.24) is 9.62 Å². The predicted octanol–water partition coefficient (Wildman–Crippen LogP) is -0.422. The van der Waals surface area contributed by atoms with Crippen LogP contribution in [0.25, 0.3) is 0 Å². The van der Waals surface area contributed by atoms with E-state index in [9.17, 15) is 13.2 Å². The van der Waals surface area contributed by atoms with E-state index < -0.39 is 27.2 Å². The van der Waals surface area contributed by atoms with Gasteiger partial charge in [-0.15, -0.1) is 0 Å². The summed E-state index contributed by atoms with van der Waals surface area (Å²) in [5.41, 5.74) is 0. The fourth-order valence-electron chi connectivity index (χ4n) is 3.02. The van der Waals surface area contributed by atoms with E-state index in [0.717, 1.165) is 13.0 Å². The van der Waals surface area contributed by atoms with Gasteiger partial charge in [0.25, 0.3) is 0 Å². The largest absolute Gasteiger partial charge is 0.469 e. The summed E-state index contributed by atoms with van der Waals surface area (Å²) in [6, 6.07) is 0. The monoisotopic (exact) mass is 320 g/mol. The SMILES string of the molecule is COC(=O)C1CCCC1S(=O)(=O)NCC1CN(C)CCO1. The summed E-state index contributed by atoms with van der Waals surface area (Å²) in [6.07, 6.45) is 1.66. The maximum absolute atomic E-state index is 12.4. The molecule has 0 aromatic heterocycles. The highest BCUT2D eigenvalue weighted by atomic mass is 32.2. The van der Waals surface area contributed by atoms with Crippen molar-refractivity contribution in [2.45, 2.75) is 30.6 Å². The number of carbonyl (C=O) groups is 1. The fraction of sp³-hybridized carbons (Fsp3) is 0.923. The van der Waals surface area contributed by atoms with Gasteiger partial charge in [-0.2, -0.15) is 0 Å². The van der Waals surface area contributed by atoms with E-state index in [-0.39, 0.29) is 12.6 Å². The van der Waals surface area contributed by atoms with Gasteiger partial charge < -0.3 is 14.4 Å². The topological polar surface area (TPSA) is 84.9 Å². The zero-order valence-electron chi connectivity index (χ0n) is 12.6. The minimum Gasteiger partial charge on any atom is -0.469 e. The predicted molar refractivity (Wildman–Crippen MR) is 77.3 cm³/mol. The molecule has 122 valence electrons. The number of nitrogens with one attached hydrogen (secondary N) is 1. The number of methoxy groups -OCH3 is 1. The number of sulfonamides is 1. The molecule has 0 radical (unpaired) electrons. The Labute approximate surface area is 126 Å². The lowest BCUT2D eigenvalue weighted by Crippen LogP contribution is -2.48. The van der Waals surface area contributed by atoms with Crippen molar-refractivity contribution >= 4 is 16.0 Å². The standard InChI is InChI=1S/C13H24N2O5S/c1-15-6-7-20-10(9-15)8-14-21(17,18)12-5-3-4-11(12)13(16)19-2/h10-12,14H,3-9H2,1-2H3. The van der Waals surface area contributed by atoms with E-state index in [4.69, 9.17) is 9.47 Å². The second-order valence-electron chi connectivity index (χ2n) is 5.75. The minimum atomic E-state index is -3.53. The molecule has 0 bridgehead atoms. The third kappa shape index (κ3) is 4.15. The van der Waals surface area contributed by atoms with Crippen molar-refractivity contribution in [3.8, 4) is 0 Å². The van der Waals surface area contributed by atoms with Gasteiger partial charge in [0.1, 0.15) is 0 Å². The first kappa shape index (κ1) is 16.7. The average Bonchev–Trinajstić information content (AvgIpc) is 2.95. The Bertz CT molecular complexity index is 467. The van der Waals surface area contributed by atoms with E-state index in [0.29, 0.717) is 26.0 Å². The maximum Gasteiger partial charge on any atom is 0.310 e. The van der Waals surface area contributed by atoms with Crippen molar-refractivity contribution in [2.24, 2.45) is 5.92 Å². The first-order valence-electron chi connectivity index (χ1n) is 7.30. The normalized spacial score (nSPS) is 31.2. The molecular formula is C13H24N2O5S. The van der Waals surface area contributed by atoms with Gasteiger partial charge in [0.15, 0.2) is 0 Å². The van der Waals surface area contributed by atoms with E-state index in [1.165, 1.54) is 7.11 Å². The molecule has 1 aliphatic carbocycles. The van der Waals surface area contributed by atoms with Crippen LogP contribution in [0.15, 0.2) is 0 Å². The molecule has 0 spiro atoms. The molecule has 3 atom stereocenters. The van der Waals surface area contributed by atoms with Gasteiger partial charge in [-0.05, 0) is 19.9 Å². The number of esters is 1. The van der Waals surface area contributed by atoms with Crippen molar-refractivity contribution < 1.29 is 22.7 Å². The number of rotatable bonds is 5. The van der Waals surface area contributed by atoms with Gasteiger partial charge in [0.05, 0.1) is 31.0 Å². The molecule has 7 nitrogen and oxygen atoms in total. The Morgan fingerprint density at radius 2 is 2.19 bits per heavy atom. The summed E-state index contributed by atoms with van der Waals surface area (Å²) < 4.78 is 37.7. The molecule has 1 aliphatic heterocycles. The highest BCUT2D eigenvalue weighted by molar-refractivity contribution is 7.90. The molecule has 1 heterocycles. The second-order valence-corrected chi connectivity index (χ2v) is 7.73. The van der Waals surface area contributed by atoms with Crippen molar-refractivity contribution in [3.05, 3.63) is 0 Å². The highest BCUT2D eigenvalue weighted by Crippen LogP contribution is 2.31. The zero-order chi connectivity index (χ0) is 15.5. The molecule has 2 rings (SSSR count). The van der Waals surface area contributed by atoms with Gasteiger partial charge in [0, 0.05) is 19.6 Å². The zero-order valence-corrected chi connectivity index (χ0v) is 13.4. The lowest BCUT2D eigenvalue weighted by molar-refractivity contribution is -0.145. The number of carbonyl (C=O) groups excluding carboxylic acids is 1. The van der Waals surface area contributed by atoms with Crippen molar-refractivity contribution in [2.75, 3.05) is 40.4 Å². The Morgan fingerprint density at radius 1 is 1.43 bits per heavy atom. The fourth-order valence-corrected chi connectivity index (χ4v) is 4.81. The summed E-state index contributed by atoms with van der Waals surface area (Å²) in [6.45, 7) is 2.41. The Balaban J connectivity index is 1.93. The van der Waals surface area contributed by atoms with Crippen LogP contribution in [-0.2, 0) is 24.3 Å². The molecule has 2 aliphatic rings. The smallest absolute Gasteiger partial charge is 0.310 e. The van der Waals surface area contributed by atoms with E-state index in [2.05, 4.69) is 9.62 Å². The quantitative estimate of drug-likeness (QED) is 0.693. The van der Waals surface area contributed by atoms with Crippen LogP contribution in [-0.4, -0.2) is 71.0 Å². The molecular weight excluding hydrogens is 296 g/mol. The number of hydrogen-bond donors (Lipinski definition) is 1. The molecule has 0 amide bonds. The molecule has 1 saturated heterocycles. The van der Waals surface area contributed by atoms with Crippen molar-refractivity contribution in [1.29, 1.82) is 0 Å². The van der Waals surface area contributed by atoms with E-state index in [1.807, 2.05) is 7.05 Å². The van der Waals surface area contributed by atoms with E-state index in [1.54, 1.807) is 0 Å². The number of morpholine rings is 1. The van der Waals surface area contributed by atoms with Crippen LogP contribution in [0.2, 0.25) is 0 Å². The van der Waals surface area contributed by atoms with Gasteiger partial charge >= 0.3 is 5.97 Å². The molecule has 3 unspecified atom stereocenters. The van der Waals surface area contributed by atoms with E-state index >= 15 is 0 Å². The van der Waals surface area contributed by atoms with Crippen LogP contribution in [0.5, 0.6) is 0 Å². The third-order valence-electron chi connectivity index (χ3n) is 4.21. The van der Waals surface area contributed by atoms with Crippen molar-refractivity contribution in [3.63, 3.8) is 0 Å². The molecule has 8 heteroatoms. The number of ether oxygens (including phenoxy) is 2. The second kappa shape index (κ2) is 7.04. The number of likely N-dealkylation sites (N-methyl/N-ethyl adjacent to an activating group) is 1. The summed E-state index contributed by atoms with van der Waals surface area (Å²) >= 11 is 0. The summed E-state index contributed by atoms with van der Waals surface area (Å²) in [5.74, 6) is -0.987. The van der Waals surface area contributed by atoms with Crippen LogP contribution < -0.4 is 4.72 Å². The van der Waals surface area contributed by atoms with Crippen LogP contribution >= 0.6 is 0 Å². The Hall–Kier alpha value is -0.700. The number of hydrogen-bond acceptors (Lipinski definition) is 6. The molecule has 2 fully saturated rings. The average molecular weight is 320 g/mol. The van der Waals surface area contributed by atoms with Gasteiger partial charge in [-0.25, -0.2) is 13.1 Å². The van der Waals surface area contributed by atoms with Crippen LogP contribution in [0, 0.1) is 5.92 Å². The number of nitrogens with zero attached hydrogens (tertiary/aromatic N) is 1. The first-order chi connectivity index (χ1) is 9.94. The molecule has 21 heavy (non-hydrogen) atoms. The third-order valence-corrected chi connectivity index (χ3v) is 6.14. The van der Waals surface area contributed by atoms with Gasteiger partial charge in [-0.1, -0.05) is 6.42 Å². The van der Waals surface area contributed by atoms with Gasteiger partial charge in [-0.3, -0.25) is 4.79 Å².